The van der Waals surface area contributed by atoms with Crippen LogP contribution in [0.25, 0.3) is 10.9 Å². The predicted molar refractivity (Wildman–Crippen MR) is 81.7 cm³/mol. The van der Waals surface area contributed by atoms with E-state index in [0.717, 1.165) is 10.9 Å². The minimum absolute atomic E-state index is 0.125. The number of carbonyl (C=O) groups is 2. The number of esters is 1. The number of benzene rings is 2. The quantitative estimate of drug-likeness (QED) is 0.570. The van der Waals surface area contributed by atoms with Gasteiger partial charge in [-0.1, -0.05) is 11.6 Å². The van der Waals surface area contributed by atoms with Crippen LogP contribution >= 0.6 is 11.6 Å². The van der Waals surface area contributed by atoms with Crippen LogP contribution in [0.4, 0.5) is 0 Å². The molecular formula is C16H10ClNO4. The summed E-state index contributed by atoms with van der Waals surface area (Å²) >= 11 is 5.90. The maximum absolute atomic E-state index is 12.1. The predicted octanol–water partition coefficient (Wildman–Crippen LogP) is 3.74. The first-order valence-electron chi connectivity index (χ1n) is 6.37. The number of hydrogen-bond acceptors (Lipinski definition) is 3. The number of carboxylic acids is 1. The monoisotopic (exact) mass is 315 g/mol. The molecule has 2 aromatic carbocycles. The average molecular weight is 316 g/mol. The van der Waals surface area contributed by atoms with Crippen LogP contribution in [0.5, 0.6) is 5.75 Å². The van der Waals surface area contributed by atoms with E-state index >= 15 is 0 Å². The number of rotatable bonds is 3. The molecule has 110 valence electrons. The summed E-state index contributed by atoms with van der Waals surface area (Å²) in [5.41, 5.74) is 1.19. The van der Waals surface area contributed by atoms with Crippen molar-refractivity contribution in [1.29, 1.82) is 0 Å². The Morgan fingerprint density at radius 1 is 1.05 bits per heavy atom. The maximum atomic E-state index is 12.1. The standard InChI is InChI=1S/C16H10ClNO4/c17-11-3-6-13-10(7-11)8-14(18-13)16(21)22-12-4-1-9(2-5-12)15(19)20/h1-8,18H,(H,19,20). The molecule has 0 saturated heterocycles. The lowest BCUT2D eigenvalue weighted by atomic mass is 10.2. The molecule has 0 spiro atoms. The largest absolute Gasteiger partial charge is 0.478 e. The molecule has 0 aliphatic rings. The first kappa shape index (κ1) is 14.2. The van der Waals surface area contributed by atoms with Gasteiger partial charge in [-0.05, 0) is 48.5 Å². The molecule has 0 aliphatic carbocycles. The third-order valence-corrected chi connectivity index (χ3v) is 3.35. The van der Waals surface area contributed by atoms with Gasteiger partial charge >= 0.3 is 11.9 Å². The Kier molecular flexibility index (Phi) is 3.56. The summed E-state index contributed by atoms with van der Waals surface area (Å²) in [6.07, 6.45) is 0. The van der Waals surface area contributed by atoms with Gasteiger partial charge in [0.1, 0.15) is 11.4 Å². The van der Waals surface area contributed by atoms with Crippen molar-refractivity contribution in [3.8, 4) is 5.75 Å². The van der Waals surface area contributed by atoms with Gasteiger partial charge in [0.05, 0.1) is 5.56 Å². The number of H-pyrrole nitrogens is 1. The van der Waals surface area contributed by atoms with E-state index in [1.807, 2.05) is 0 Å². The number of carboxylic acid groups (broad SMARTS) is 1. The van der Waals surface area contributed by atoms with E-state index in [4.69, 9.17) is 21.4 Å². The second-order valence-corrected chi connectivity index (χ2v) is 5.07. The van der Waals surface area contributed by atoms with Crippen molar-refractivity contribution in [2.75, 3.05) is 0 Å². The molecule has 22 heavy (non-hydrogen) atoms. The molecule has 0 bridgehead atoms. The smallest absolute Gasteiger partial charge is 0.360 e. The van der Waals surface area contributed by atoms with Crippen molar-refractivity contribution in [3.63, 3.8) is 0 Å². The second kappa shape index (κ2) is 5.54. The lowest BCUT2D eigenvalue weighted by Crippen LogP contribution is -2.09. The van der Waals surface area contributed by atoms with Gasteiger partial charge in [-0.3, -0.25) is 0 Å². The summed E-state index contributed by atoms with van der Waals surface area (Å²) < 4.78 is 5.20. The molecule has 1 heterocycles. The molecule has 1 aromatic heterocycles. The minimum atomic E-state index is -1.04. The first-order valence-corrected chi connectivity index (χ1v) is 6.74. The fourth-order valence-electron chi connectivity index (χ4n) is 2.04. The van der Waals surface area contributed by atoms with E-state index in [0.29, 0.717) is 10.7 Å². The van der Waals surface area contributed by atoms with Gasteiger partial charge in [0.25, 0.3) is 0 Å². The normalized spacial score (nSPS) is 10.6. The number of aromatic carboxylic acids is 1. The summed E-state index contributed by atoms with van der Waals surface area (Å²) in [4.78, 5) is 25.8. The SMILES string of the molecule is O=C(O)c1ccc(OC(=O)c2cc3cc(Cl)ccc3[nH]2)cc1. The zero-order valence-electron chi connectivity index (χ0n) is 11.2. The van der Waals surface area contributed by atoms with Gasteiger partial charge in [0, 0.05) is 15.9 Å². The summed E-state index contributed by atoms with van der Waals surface area (Å²) in [5, 5.41) is 10.2. The van der Waals surface area contributed by atoms with Gasteiger partial charge in [0.2, 0.25) is 0 Å². The highest BCUT2D eigenvalue weighted by molar-refractivity contribution is 6.31. The zero-order valence-corrected chi connectivity index (χ0v) is 11.9. The Bertz CT molecular complexity index is 867. The van der Waals surface area contributed by atoms with Crippen LogP contribution in [-0.2, 0) is 0 Å². The van der Waals surface area contributed by atoms with Crippen LogP contribution in [0.1, 0.15) is 20.8 Å². The maximum Gasteiger partial charge on any atom is 0.360 e. The topological polar surface area (TPSA) is 79.4 Å². The zero-order chi connectivity index (χ0) is 15.7. The Morgan fingerprint density at radius 3 is 2.45 bits per heavy atom. The van der Waals surface area contributed by atoms with Crippen molar-refractivity contribution in [2.45, 2.75) is 0 Å². The summed E-state index contributed by atoms with van der Waals surface area (Å²) in [6.45, 7) is 0. The second-order valence-electron chi connectivity index (χ2n) is 4.63. The molecule has 0 radical (unpaired) electrons. The van der Waals surface area contributed by atoms with E-state index < -0.39 is 11.9 Å². The molecule has 0 unspecified atom stereocenters. The van der Waals surface area contributed by atoms with Crippen molar-refractivity contribution in [3.05, 3.63) is 64.8 Å². The van der Waals surface area contributed by atoms with Crippen LogP contribution in [0.2, 0.25) is 5.02 Å². The number of ether oxygens (including phenoxy) is 1. The number of aromatic amines is 1. The third kappa shape index (κ3) is 2.80. The molecule has 6 heteroatoms. The van der Waals surface area contributed by atoms with Gasteiger partial charge in [-0.15, -0.1) is 0 Å². The van der Waals surface area contributed by atoms with E-state index in [1.165, 1.54) is 24.3 Å². The molecule has 0 saturated carbocycles. The Balaban J connectivity index is 1.81. The molecular weight excluding hydrogens is 306 g/mol. The fourth-order valence-corrected chi connectivity index (χ4v) is 2.22. The molecule has 0 amide bonds. The highest BCUT2D eigenvalue weighted by Crippen LogP contribution is 2.21. The van der Waals surface area contributed by atoms with E-state index in [9.17, 15) is 9.59 Å². The molecule has 0 atom stereocenters. The lowest BCUT2D eigenvalue weighted by molar-refractivity contribution is 0.0696. The van der Waals surface area contributed by atoms with E-state index in [-0.39, 0.29) is 11.3 Å². The van der Waals surface area contributed by atoms with E-state index in [2.05, 4.69) is 4.98 Å². The molecule has 5 nitrogen and oxygen atoms in total. The Labute approximate surface area is 130 Å². The third-order valence-electron chi connectivity index (χ3n) is 3.11. The molecule has 0 fully saturated rings. The Morgan fingerprint density at radius 2 is 1.77 bits per heavy atom. The molecule has 0 aliphatic heterocycles. The molecule has 3 rings (SSSR count). The molecule has 3 aromatic rings. The van der Waals surface area contributed by atoms with Gasteiger partial charge in [-0.25, -0.2) is 9.59 Å². The summed E-state index contributed by atoms with van der Waals surface area (Å²) in [7, 11) is 0. The molecule has 2 N–H and O–H groups in total. The van der Waals surface area contributed by atoms with Gasteiger partial charge in [0.15, 0.2) is 0 Å². The highest BCUT2D eigenvalue weighted by atomic mass is 35.5. The lowest BCUT2D eigenvalue weighted by Gasteiger charge is -2.02. The fraction of sp³-hybridized carbons (Fsp3) is 0. The number of halogens is 1. The van der Waals surface area contributed by atoms with Crippen LogP contribution in [-0.4, -0.2) is 22.0 Å². The highest BCUT2D eigenvalue weighted by Gasteiger charge is 2.12. The van der Waals surface area contributed by atoms with E-state index in [1.54, 1.807) is 24.3 Å². The van der Waals surface area contributed by atoms with Gasteiger partial charge < -0.3 is 14.8 Å². The van der Waals surface area contributed by atoms with Crippen LogP contribution < -0.4 is 4.74 Å². The minimum Gasteiger partial charge on any atom is -0.478 e. The number of hydrogen-bond donors (Lipinski definition) is 2. The van der Waals surface area contributed by atoms with Crippen LogP contribution in [0.15, 0.2) is 48.5 Å². The van der Waals surface area contributed by atoms with Crippen molar-refractivity contribution < 1.29 is 19.4 Å². The summed E-state index contributed by atoms with van der Waals surface area (Å²) in [5.74, 6) is -1.33. The number of nitrogens with one attached hydrogen (secondary N) is 1. The van der Waals surface area contributed by atoms with Crippen molar-refractivity contribution in [2.24, 2.45) is 0 Å². The van der Waals surface area contributed by atoms with Crippen molar-refractivity contribution in [1.82, 2.24) is 4.98 Å². The number of carbonyl (C=O) groups excluding carboxylic acids is 1. The first-order chi connectivity index (χ1) is 10.5. The average Bonchev–Trinajstić information content (AvgIpc) is 2.91. The van der Waals surface area contributed by atoms with Gasteiger partial charge in [-0.2, -0.15) is 0 Å². The summed E-state index contributed by atoms with van der Waals surface area (Å²) in [6, 6.07) is 12.5. The van der Waals surface area contributed by atoms with Crippen LogP contribution in [0, 0.1) is 0 Å². The van der Waals surface area contributed by atoms with Crippen LogP contribution in [0.3, 0.4) is 0 Å². The number of fused-ring (bicyclic) bond motifs is 1. The Hall–Kier alpha value is -2.79. The number of aromatic nitrogens is 1. The van der Waals surface area contributed by atoms with Crippen molar-refractivity contribution >= 4 is 34.4 Å².